The second-order valence-corrected chi connectivity index (χ2v) is 7.36. The lowest BCUT2D eigenvalue weighted by Crippen LogP contribution is -2.44. The summed E-state index contributed by atoms with van der Waals surface area (Å²) in [4.78, 5) is 2.77. The summed E-state index contributed by atoms with van der Waals surface area (Å²) in [6, 6.07) is 0.787. The highest BCUT2D eigenvalue weighted by Crippen LogP contribution is 2.45. The minimum absolute atomic E-state index is 0.682. The first-order valence-electron chi connectivity index (χ1n) is 8.21. The molecule has 2 aliphatic carbocycles. The number of nitrogens with one attached hydrogen (secondary N) is 1. The Morgan fingerprint density at radius 1 is 1.11 bits per heavy atom. The predicted octanol–water partition coefficient (Wildman–Crippen LogP) is 3.03. The summed E-state index contributed by atoms with van der Waals surface area (Å²) in [5.74, 6) is 0.964. The van der Waals surface area contributed by atoms with E-state index in [-0.39, 0.29) is 0 Å². The van der Waals surface area contributed by atoms with E-state index in [0.29, 0.717) is 5.41 Å². The Hall–Kier alpha value is -0.0800. The van der Waals surface area contributed by atoms with Gasteiger partial charge in [-0.25, -0.2) is 0 Å². The molecule has 1 saturated heterocycles. The third-order valence-corrected chi connectivity index (χ3v) is 5.44. The summed E-state index contributed by atoms with van der Waals surface area (Å²) < 4.78 is 0. The van der Waals surface area contributed by atoms with E-state index in [0.717, 1.165) is 12.0 Å². The summed E-state index contributed by atoms with van der Waals surface area (Å²) in [5, 5.41) is 3.85. The molecule has 0 aromatic heterocycles. The minimum Gasteiger partial charge on any atom is -0.312 e. The van der Waals surface area contributed by atoms with Gasteiger partial charge in [0.05, 0.1) is 0 Å². The van der Waals surface area contributed by atoms with Crippen LogP contribution in [0.1, 0.15) is 58.3 Å². The van der Waals surface area contributed by atoms with E-state index >= 15 is 0 Å². The monoisotopic (exact) mass is 250 g/mol. The molecule has 0 aromatic carbocycles. The van der Waals surface area contributed by atoms with Crippen LogP contribution < -0.4 is 5.32 Å². The molecule has 0 aromatic rings. The van der Waals surface area contributed by atoms with E-state index in [4.69, 9.17) is 0 Å². The molecule has 2 heteroatoms. The molecule has 1 aliphatic heterocycles. The van der Waals surface area contributed by atoms with Crippen LogP contribution in [0.3, 0.4) is 0 Å². The van der Waals surface area contributed by atoms with Gasteiger partial charge >= 0.3 is 0 Å². The molecule has 0 spiro atoms. The van der Waals surface area contributed by atoms with Gasteiger partial charge in [-0.2, -0.15) is 0 Å². The van der Waals surface area contributed by atoms with Crippen molar-refractivity contribution >= 4 is 0 Å². The zero-order chi connectivity index (χ0) is 12.4. The van der Waals surface area contributed by atoms with Crippen LogP contribution in [0.4, 0.5) is 0 Å². The summed E-state index contributed by atoms with van der Waals surface area (Å²) in [6.45, 7) is 7.72. The molecule has 1 N–H and O–H groups in total. The second kappa shape index (κ2) is 5.50. The van der Waals surface area contributed by atoms with Crippen molar-refractivity contribution in [3.63, 3.8) is 0 Å². The van der Waals surface area contributed by atoms with E-state index in [2.05, 4.69) is 17.1 Å². The van der Waals surface area contributed by atoms with Gasteiger partial charge in [0, 0.05) is 19.1 Å². The number of hydrogen-bond donors (Lipinski definition) is 1. The lowest BCUT2D eigenvalue weighted by atomic mass is 9.83. The molecule has 3 rings (SSSR count). The maximum Gasteiger partial charge on any atom is 0.0223 e. The zero-order valence-corrected chi connectivity index (χ0v) is 12.1. The fourth-order valence-electron chi connectivity index (χ4n) is 3.93. The van der Waals surface area contributed by atoms with E-state index in [1.807, 2.05) is 0 Å². The van der Waals surface area contributed by atoms with Crippen molar-refractivity contribution in [2.24, 2.45) is 11.3 Å². The van der Waals surface area contributed by atoms with Crippen LogP contribution in [0.25, 0.3) is 0 Å². The second-order valence-electron chi connectivity index (χ2n) is 7.36. The number of nitrogens with zero attached hydrogens (tertiary/aromatic N) is 1. The van der Waals surface area contributed by atoms with Crippen molar-refractivity contribution in [3.8, 4) is 0 Å². The highest BCUT2D eigenvalue weighted by Gasteiger charge is 2.39. The molecule has 3 aliphatic rings. The van der Waals surface area contributed by atoms with Crippen molar-refractivity contribution in [2.45, 2.75) is 64.3 Å². The topological polar surface area (TPSA) is 15.3 Å². The molecule has 0 radical (unpaired) electrons. The van der Waals surface area contributed by atoms with Gasteiger partial charge in [-0.3, -0.25) is 0 Å². The maximum atomic E-state index is 3.85. The normalized spacial score (nSPS) is 34.2. The van der Waals surface area contributed by atoms with E-state index in [1.165, 1.54) is 77.5 Å². The molecule has 18 heavy (non-hydrogen) atoms. The highest BCUT2D eigenvalue weighted by atomic mass is 15.2. The number of rotatable bonds is 3. The highest BCUT2D eigenvalue weighted by molar-refractivity contribution is 4.93. The molecular weight excluding hydrogens is 220 g/mol. The van der Waals surface area contributed by atoms with E-state index in [9.17, 15) is 0 Å². The van der Waals surface area contributed by atoms with Crippen LogP contribution in [0.2, 0.25) is 0 Å². The molecule has 0 amide bonds. The third kappa shape index (κ3) is 3.27. The summed E-state index contributed by atoms with van der Waals surface area (Å²) in [6.07, 6.45) is 11.6. The van der Waals surface area contributed by atoms with Gasteiger partial charge in [0.1, 0.15) is 0 Å². The van der Waals surface area contributed by atoms with Gasteiger partial charge in [0.25, 0.3) is 0 Å². The fraction of sp³-hybridized carbons (Fsp3) is 1.00. The molecule has 3 fully saturated rings. The van der Waals surface area contributed by atoms with Gasteiger partial charge in [0.15, 0.2) is 0 Å². The SMILES string of the molecule is CC1(CN2CCCNC(C3CCCCC3)C2)CC1. The zero-order valence-electron chi connectivity index (χ0n) is 12.1. The Morgan fingerprint density at radius 3 is 2.61 bits per heavy atom. The van der Waals surface area contributed by atoms with Crippen LogP contribution in [0, 0.1) is 11.3 Å². The van der Waals surface area contributed by atoms with Crippen molar-refractivity contribution in [1.82, 2.24) is 10.2 Å². The molecule has 0 bridgehead atoms. The molecule has 104 valence electrons. The van der Waals surface area contributed by atoms with Crippen LogP contribution >= 0.6 is 0 Å². The predicted molar refractivity (Wildman–Crippen MR) is 76.8 cm³/mol. The van der Waals surface area contributed by atoms with E-state index < -0.39 is 0 Å². The van der Waals surface area contributed by atoms with Crippen LogP contribution in [0.5, 0.6) is 0 Å². The van der Waals surface area contributed by atoms with Crippen molar-refractivity contribution < 1.29 is 0 Å². The molecule has 1 heterocycles. The van der Waals surface area contributed by atoms with Gasteiger partial charge in [0.2, 0.25) is 0 Å². The van der Waals surface area contributed by atoms with Crippen LogP contribution in [-0.2, 0) is 0 Å². The largest absolute Gasteiger partial charge is 0.312 e. The number of hydrogen-bond acceptors (Lipinski definition) is 2. The van der Waals surface area contributed by atoms with Crippen molar-refractivity contribution in [3.05, 3.63) is 0 Å². The van der Waals surface area contributed by atoms with Gasteiger partial charge in [-0.05, 0) is 56.5 Å². The van der Waals surface area contributed by atoms with Crippen molar-refractivity contribution in [1.29, 1.82) is 0 Å². The quantitative estimate of drug-likeness (QED) is 0.828. The average molecular weight is 250 g/mol. The van der Waals surface area contributed by atoms with Gasteiger partial charge < -0.3 is 10.2 Å². The lowest BCUT2D eigenvalue weighted by Gasteiger charge is -2.33. The minimum atomic E-state index is 0.682. The Balaban J connectivity index is 1.56. The molecule has 1 unspecified atom stereocenters. The fourth-order valence-corrected chi connectivity index (χ4v) is 3.93. The van der Waals surface area contributed by atoms with Gasteiger partial charge in [-0.15, -0.1) is 0 Å². The maximum absolute atomic E-state index is 3.85. The molecule has 2 nitrogen and oxygen atoms in total. The molecular formula is C16H30N2. The summed E-state index contributed by atoms with van der Waals surface area (Å²) in [5.41, 5.74) is 0.682. The van der Waals surface area contributed by atoms with Crippen LogP contribution in [0.15, 0.2) is 0 Å². The lowest BCUT2D eigenvalue weighted by molar-refractivity contribution is 0.184. The summed E-state index contributed by atoms with van der Waals surface area (Å²) in [7, 11) is 0. The molecule has 2 saturated carbocycles. The van der Waals surface area contributed by atoms with Crippen molar-refractivity contribution in [2.75, 3.05) is 26.2 Å². The first-order valence-corrected chi connectivity index (χ1v) is 8.21. The Bertz CT molecular complexity index is 266. The standard InChI is InChI=1S/C16H30N2/c1-16(8-9-16)13-18-11-5-10-17-15(12-18)14-6-3-2-4-7-14/h14-15,17H,2-13H2,1H3. The van der Waals surface area contributed by atoms with E-state index in [1.54, 1.807) is 0 Å². The Labute approximate surface area is 113 Å². The van der Waals surface area contributed by atoms with Crippen LogP contribution in [-0.4, -0.2) is 37.1 Å². The smallest absolute Gasteiger partial charge is 0.0223 e. The molecule has 1 atom stereocenters. The van der Waals surface area contributed by atoms with Gasteiger partial charge in [-0.1, -0.05) is 26.2 Å². The first kappa shape index (κ1) is 12.9. The Morgan fingerprint density at radius 2 is 1.89 bits per heavy atom. The average Bonchev–Trinajstić information content (AvgIpc) is 3.15. The summed E-state index contributed by atoms with van der Waals surface area (Å²) >= 11 is 0. The first-order chi connectivity index (χ1) is 8.75. The third-order valence-electron chi connectivity index (χ3n) is 5.44. The Kier molecular flexibility index (Phi) is 3.95.